The molecule has 0 bridgehead atoms. The Balaban J connectivity index is 4.29. The van der Waals surface area contributed by atoms with E-state index < -0.39 is 11.9 Å². The molecular formula is C5H9N5O2S. The number of nitrogens with two attached hydrogens (primary N) is 1. The molecule has 0 aromatic rings. The molecule has 0 aromatic carbocycles. The summed E-state index contributed by atoms with van der Waals surface area (Å²) in [7, 11) is 1.42. The fourth-order valence-electron chi connectivity index (χ4n) is 0.601. The molecule has 0 amide bonds. The van der Waals surface area contributed by atoms with Crippen LogP contribution in [0.4, 0.5) is 0 Å². The van der Waals surface area contributed by atoms with E-state index in [0.717, 1.165) is 9.42 Å². The largest absolute Gasteiger partial charge is 0.480 e. The van der Waals surface area contributed by atoms with Gasteiger partial charge in [-0.1, -0.05) is 0 Å². The number of hydrogen-bond acceptors (Lipinski definition) is 5. The second-order valence-electron chi connectivity index (χ2n) is 2.05. The average Bonchev–Trinajstić information content (AvgIpc) is 1.97. The summed E-state index contributed by atoms with van der Waals surface area (Å²) in [4.78, 5) is 10.3. The molecule has 0 radical (unpaired) electrons. The van der Waals surface area contributed by atoms with Gasteiger partial charge in [0.25, 0.3) is 0 Å². The van der Waals surface area contributed by atoms with Crippen LogP contribution in [0, 0.1) is 16.1 Å². The van der Waals surface area contributed by atoms with Crippen LogP contribution >= 0.6 is 11.9 Å². The van der Waals surface area contributed by atoms with Crippen molar-refractivity contribution >= 4 is 23.9 Å². The Labute approximate surface area is 79.3 Å². The predicted octanol–water partition coefficient (Wildman–Crippen LogP) is -0.757. The van der Waals surface area contributed by atoms with Crippen LogP contribution in [0.5, 0.6) is 0 Å². The number of rotatable bonds is 4. The van der Waals surface area contributed by atoms with Gasteiger partial charge in [-0.3, -0.25) is 10.2 Å². The standard InChI is InChI=1S/C5H9N5O2S/c1-9(2-4(11)12)10(5(7)8)13-3-6/h2H2,1H3,(H3,7,8)(H,11,12). The van der Waals surface area contributed by atoms with E-state index in [1.54, 1.807) is 5.40 Å². The zero-order valence-electron chi connectivity index (χ0n) is 6.89. The van der Waals surface area contributed by atoms with E-state index in [1.807, 2.05) is 0 Å². The number of carboxylic acids is 1. The molecule has 4 N–H and O–H groups in total. The molecular weight excluding hydrogens is 194 g/mol. The summed E-state index contributed by atoms with van der Waals surface area (Å²) in [5, 5.41) is 26.6. The van der Waals surface area contributed by atoms with Crippen LogP contribution in [0.15, 0.2) is 0 Å². The van der Waals surface area contributed by atoms with Crippen LogP contribution in [-0.2, 0) is 4.79 Å². The van der Waals surface area contributed by atoms with E-state index in [0.29, 0.717) is 11.9 Å². The van der Waals surface area contributed by atoms with E-state index in [-0.39, 0.29) is 6.54 Å². The first-order valence-corrected chi connectivity index (χ1v) is 3.89. The maximum Gasteiger partial charge on any atom is 0.319 e. The molecule has 0 saturated heterocycles. The van der Waals surface area contributed by atoms with Crippen molar-refractivity contribution in [3.8, 4) is 5.40 Å². The first kappa shape index (κ1) is 11.5. The number of aliphatic carboxylic acids is 1. The fraction of sp³-hybridized carbons (Fsp3) is 0.400. The number of carboxylic acid groups (broad SMARTS) is 1. The van der Waals surface area contributed by atoms with Gasteiger partial charge in [0.15, 0.2) is 5.40 Å². The van der Waals surface area contributed by atoms with Crippen LogP contribution in [0.1, 0.15) is 0 Å². The highest BCUT2D eigenvalue weighted by molar-refractivity contribution is 8.01. The smallest absolute Gasteiger partial charge is 0.319 e. The Bertz CT molecular complexity index is 250. The van der Waals surface area contributed by atoms with Crippen LogP contribution in [0.3, 0.4) is 0 Å². The first-order chi connectivity index (χ1) is 5.99. The molecule has 7 nitrogen and oxygen atoms in total. The quantitative estimate of drug-likeness (QED) is 0.181. The minimum Gasteiger partial charge on any atom is -0.480 e. The van der Waals surface area contributed by atoms with Gasteiger partial charge in [0, 0.05) is 7.05 Å². The van der Waals surface area contributed by atoms with E-state index in [1.165, 1.54) is 7.05 Å². The summed E-state index contributed by atoms with van der Waals surface area (Å²) in [6.07, 6.45) is 0. The van der Waals surface area contributed by atoms with Crippen LogP contribution < -0.4 is 5.73 Å². The number of nitrogens with zero attached hydrogens (tertiary/aromatic N) is 3. The molecule has 72 valence electrons. The second kappa shape index (κ2) is 5.23. The minimum atomic E-state index is -1.06. The van der Waals surface area contributed by atoms with Crippen LogP contribution in [-0.4, -0.2) is 40.1 Å². The molecule has 0 unspecified atom stereocenters. The first-order valence-electron chi connectivity index (χ1n) is 3.12. The molecule has 8 heteroatoms. The Morgan fingerprint density at radius 1 is 1.85 bits per heavy atom. The van der Waals surface area contributed by atoms with Crippen LogP contribution in [0.25, 0.3) is 0 Å². The number of nitriles is 1. The van der Waals surface area contributed by atoms with E-state index in [9.17, 15) is 4.79 Å². The molecule has 0 fully saturated rings. The number of carbonyl (C=O) groups is 1. The van der Waals surface area contributed by atoms with Crippen molar-refractivity contribution in [1.82, 2.24) is 9.42 Å². The van der Waals surface area contributed by atoms with Crippen molar-refractivity contribution in [2.75, 3.05) is 13.6 Å². The lowest BCUT2D eigenvalue weighted by molar-refractivity contribution is -0.139. The maximum atomic E-state index is 10.3. The van der Waals surface area contributed by atoms with Gasteiger partial charge in [0.2, 0.25) is 5.96 Å². The molecule has 0 heterocycles. The number of hydrogen-bond donors (Lipinski definition) is 3. The number of hydrazine groups is 1. The maximum absolute atomic E-state index is 10.3. The van der Waals surface area contributed by atoms with E-state index >= 15 is 0 Å². The van der Waals surface area contributed by atoms with E-state index in [2.05, 4.69) is 0 Å². The highest BCUT2D eigenvalue weighted by atomic mass is 32.2. The lowest BCUT2D eigenvalue weighted by Crippen LogP contribution is -2.44. The zero-order chi connectivity index (χ0) is 10.4. The van der Waals surface area contributed by atoms with Crippen LogP contribution in [0.2, 0.25) is 0 Å². The SMILES string of the molecule is CN(CC(=O)O)N(SC#N)C(=N)N. The number of likely N-dealkylation sites (N-methyl/N-ethyl adjacent to an activating group) is 1. The fourth-order valence-corrected chi connectivity index (χ4v) is 0.974. The molecule has 0 aliphatic rings. The summed E-state index contributed by atoms with van der Waals surface area (Å²) < 4.78 is 0.980. The monoisotopic (exact) mass is 203 g/mol. The number of guanidine groups is 1. The van der Waals surface area contributed by atoms with E-state index in [4.69, 9.17) is 21.5 Å². The van der Waals surface area contributed by atoms with Crippen molar-refractivity contribution in [2.45, 2.75) is 0 Å². The normalized spacial score (nSPS) is 9.31. The molecule has 0 aliphatic heterocycles. The predicted molar refractivity (Wildman–Crippen MR) is 47.2 cm³/mol. The Kier molecular flexibility index (Phi) is 4.64. The van der Waals surface area contributed by atoms with Gasteiger partial charge in [0.1, 0.15) is 6.54 Å². The number of nitrogens with one attached hydrogen (secondary N) is 1. The number of thiocyanates is 1. The molecule has 0 aliphatic carbocycles. The molecule has 0 saturated carbocycles. The van der Waals surface area contributed by atoms with Gasteiger partial charge >= 0.3 is 5.97 Å². The zero-order valence-corrected chi connectivity index (χ0v) is 7.71. The van der Waals surface area contributed by atoms with Gasteiger partial charge in [0.05, 0.1) is 11.9 Å². The summed E-state index contributed by atoms with van der Waals surface area (Å²) in [6, 6.07) is 0. The molecule has 0 aromatic heterocycles. The topological polar surface area (TPSA) is 117 Å². The highest BCUT2D eigenvalue weighted by Gasteiger charge is 2.16. The molecule has 0 atom stereocenters. The van der Waals surface area contributed by atoms with Gasteiger partial charge in [-0.15, -0.1) is 0 Å². The molecule has 0 rings (SSSR count). The van der Waals surface area contributed by atoms with Gasteiger partial charge in [-0.2, -0.15) is 10.3 Å². The third-order valence-electron chi connectivity index (χ3n) is 1.01. The van der Waals surface area contributed by atoms with Gasteiger partial charge < -0.3 is 10.8 Å². The van der Waals surface area contributed by atoms with Crippen molar-refractivity contribution < 1.29 is 9.90 Å². The minimum absolute atomic E-state index is 0.325. The van der Waals surface area contributed by atoms with Crippen molar-refractivity contribution in [2.24, 2.45) is 5.73 Å². The molecule has 0 spiro atoms. The highest BCUT2D eigenvalue weighted by Crippen LogP contribution is 2.08. The van der Waals surface area contributed by atoms with Crippen molar-refractivity contribution in [3.63, 3.8) is 0 Å². The summed E-state index contributed by atoms with van der Waals surface area (Å²) in [6.45, 7) is -0.325. The van der Waals surface area contributed by atoms with Gasteiger partial charge in [-0.25, -0.2) is 4.41 Å². The second-order valence-corrected chi connectivity index (χ2v) is 2.76. The third kappa shape index (κ3) is 4.19. The van der Waals surface area contributed by atoms with Crippen molar-refractivity contribution in [1.29, 1.82) is 10.7 Å². The molecule has 13 heavy (non-hydrogen) atoms. The summed E-state index contributed by atoms with van der Waals surface area (Å²) in [5.74, 6) is -1.46. The lowest BCUT2D eigenvalue weighted by Gasteiger charge is -2.26. The Hall–Kier alpha value is -1.46. The Morgan fingerprint density at radius 2 is 2.38 bits per heavy atom. The Morgan fingerprint density at radius 3 is 2.69 bits per heavy atom. The lowest BCUT2D eigenvalue weighted by atomic mass is 10.6. The third-order valence-corrected chi connectivity index (χ3v) is 1.74. The summed E-state index contributed by atoms with van der Waals surface area (Å²) in [5.41, 5.74) is 5.10. The average molecular weight is 203 g/mol. The van der Waals surface area contributed by atoms with Gasteiger partial charge in [-0.05, 0) is 0 Å². The van der Waals surface area contributed by atoms with Crippen molar-refractivity contribution in [3.05, 3.63) is 0 Å². The summed E-state index contributed by atoms with van der Waals surface area (Å²) >= 11 is 0.587.